The molecule has 1 aromatic carbocycles. The molecular formula is C13H12ClN3O3. The maximum absolute atomic E-state index is 12.0. The number of aliphatic carboxylic acids is 1. The lowest BCUT2D eigenvalue weighted by Gasteiger charge is -2.21. The van der Waals surface area contributed by atoms with Gasteiger partial charge in [0.1, 0.15) is 12.1 Å². The summed E-state index contributed by atoms with van der Waals surface area (Å²) in [7, 11) is 0. The Labute approximate surface area is 120 Å². The van der Waals surface area contributed by atoms with Gasteiger partial charge in [0.15, 0.2) is 0 Å². The fraction of sp³-hybridized carbons (Fsp3) is 0.308. The number of carbonyl (C=O) groups is 2. The van der Waals surface area contributed by atoms with Crippen LogP contribution >= 0.6 is 11.6 Å². The van der Waals surface area contributed by atoms with Gasteiger partial charge in [-0.15, -0.1) is 0 Å². The van der Waals surface area contributed by atoms with Crippen molar-refractivity contribution in [3.05, 3.63) is 28.8 Å². The lowest BCUT2D eigenvalue weighted by Crippen LogP contribution is -2.42. The molecule has 104 valence electrons. The number of carboxylic acid groups (broad SMARTS) is 1. The number of anilines is 1. The van der Waals surface area contributed by atoms with E-state index in [1.54, 1.807) is 6.07 Å². The standard InChI is InChI=1S/C13H12ClN3O3/c14-10-6-9(4-3-8(10)7-15)16-13(20)17-5-1-2-11(17)12(18)19/h3-4,6,11H,1-2,5H2,(H,16,20)(H,18,19). The van der Waals surface area contributed by atoms with Crippen LogP contribution in [0.2, 0.25) is 5.02 Å². The highest BCUT2D eigenvalue weighted by Crippen LogP contribution is 2.22. The fourth-order valence-electron chi connectivity index (χ4n) is 2.15. The lowest BCUT2D eigenvalue weighted by molar-refractivity contribution is -0.141. The number of hydrogen-bond donors (Lipinski definition) is 2. The predicted octanol–water partition coefficient (Wildman–Crippen LogP) is 2.29. The number of nitriles is 1. The zero-order valence-electron chi connectivity index (χ0n) is 10.5. The van der Waals surface area contributed by atoms with Crippen molar-refractivity contribution in [1.82, 2.24) is 4.90 Å². The number of urea groups is 1. The second-order valence-electron chi connectivity index (χ2n) is 4.43. The van der Waals surface area contributed by atoms with Crippen LogP contribution in [0.5, 0.6) is 0 Å². The molecule has 1 unspecified atom stereocenters. The summed E-state index contributed by atoms with van der Waals surface area (Å²) < 4.78 is 0. The molecule has 7 heteroatoms. The van der Waals surface area contributed by atoms with Crippen molar-refractivity contribution in [2.75, 3.05) is 11.9 Å². The largest absolute Gasteiger partial charge is 0.480 e. The fourth-order valence-corrected chi connectivity index (χ4v) is 2.37. The first-order valence-corrected chi connectivity index (χ1v) is 6.41. The molecule has 20 heavy (non-hydrogen) atoms. The minimum Gasteiger partial charge on any atom is -0.480 e. The van der Waals surface area contributed by atoms with Crippen LogP contribution in [0, 0.1) is 11.3 Å². The SMILES string of the molecule is N#Cc1ccc(NC(=O)N2CCCC2C(=O)O)cc1Cl. The molecular weight excluding hydrogens is 282 g/mol. The minimum absolute atomic E-state index is 0.238. The molecule has 1 atom stereocenters. The average molecular weight is 294 g/mol. The molecule has 1 aromatic rings. The number of carbonyl (C=O) groups excluding carboxylic acids is 1. The van der Waals surface area contributed by atoms with E-state index in [1.165, 1.54) is 17.0 Å². The minimum atomic E-state index is -1.00. The molecule has 1 saturated heterocycles. The first-order chi connectivity index (χ1) is 9.52. The van der Waals surface area contributed by atoms with E-state index in [-0.39, 0.29) is 5.02 Å². The Kier molecular flexibility index (Phi) is 4.11. The van der Waals surface area contributed by atoms with Gasteiger partial charge in [0.2, 0.25) is 0 Å². The van der Waals surface area contributed by atoms with E-state index in [0.29, 0.717) is 30.6 Å². The van der Waals surface area contributed by atoms with E-state index in [2.05, 4.69) is 5.32 Å². The third kappa shape index (κ3) is 2.83. The quantitative estimate of drug-likeness (QED) is 0.875. The van der Waals surface area contributed by atoms with Crippen LogP contribution in [0.4, 0.5) is 10.5 Å². The van der Waals surface area contributed by atoms with Crippen molar-refractivity contribution in [3.63, 3.8) is 0 Å². The van der Waals surface area contributed by atoms with E-state index in [4.69, 9.17) is 22.0 Å². The van der Waals surface area contributed by atoms with Crippen molar-refractivity contribution in [2.45, 2.75) is 18.9 Å². The van der Waals surface area contributed by atoms with Crippen molar-refractivity contribution >= 4 is 29.3 Å². The first kappa shape index (κ1) is 14.2. The normalized spacial score (nSPS) is 17.6. The molecule has 2 amide bonds. The third-order valence-electron chi connectivity index (χ3n) is 3.14. The second kappa shape index (κ2) is 5.80. The number of rotatable bonds is 2. The van der Waals surface area contributed by atoms with Crippen molar-refractivity contribution in [1.29, 1.82) is 5.26 Å². The van der Waals surface area contributed by atoms with Crippen LogP contribution in [0.25, 0.3) is 0 Å². The Hall–Kier alpha value is -2.26. The molecule has 1 heterocycles. The van der Waals surface area contributed by atoms with Gasteiger partial charge in [-0.1, -0.05) is 11.6 Å². The number of benzene rings is 1. The summed E-state index contributed by atoms with van der Waals surface area (Å²) in [6, 6.07) is 5.16. The summed E-state index contributed by atoms with van der Waals surface area (Å²) in [5.41, 5.74) is 0.740. The molecule has 0 radical (unpaired) electrons. The van der Waals surface area contributed by atoms with Crippen molar-refractivity contribution in [2.24, 2.45) is 0 Å². The van der Waals surface area contributed by atoms with Crippen molar-refractivity contribution < 1.29 is 14.7 Å². The van der Waals surface area contributed by atoms with Gasteiger partial charge in [-0.3, -0.25) is 0 Å². The summed E-state index contributed by atoms with van der Waals surface area (Å²) in [6.45, 7) is 0.410. The monoisotopic (exact) mass is 293 g/mol. The van der Waals surface area contributed by atoms with Crippen LogP contribution in [0.1, 0.15) is 18.4 Å². The van der Waals surface area contributed by atoms with E-state index < -0.39 is 18.0 Å². The second-order valence-corrected chi connectivity index (χ2v) is 4.83. The Balaban J connectivity index is 2.10. The highest BCUT2D eigenvalue weighted by atomic mass is 35.5. The zero-order valence-corrected chi connectivity index (χ0v) is 11.2. The number of nitrogens with zero attached hydrogens (tertiary/aromatic N) is 2. The maximum Gasteiger partial charge on any atom is 0.326 e. The molecule has 1 fully saturated rings. The van der Waals surface area contributed by atoms with E-state index in [1.807, 2.05) is 6.07 Å². The van der Waals surface area contributed by atoms with E-state index in [9.17, 15) is 9.59 Å². The van der Waals surface area contributed by atoms with Gasteiger partial charge in [0, 0.05) is 12.2 Å². The van der Waals surface area contributed by atoms with Crippen molar-refractivity contribution in [3.8, 4) is 6.07 Å². The van der Waals surface area contributed by atoms with E-state index in [0.717, 1.165) is 0 Å². The molecule has 2 N–H and O–H groups in total. The number of carboxylic acids is 1. The van der Waals surface area contributed by atoms with Crippen LogP contribution in [0.3, 0.4) is 0 Å². The Bertz CT molecular complexity index is 597. The number of hydrogen-bond acceptors (Lipinski definition) is 3. The smallest absolute Gasteiger partial charge is 0.326 e. The molecule has 0 spiro atoms. The summed E-state index contributed by atoms with van der Waals surface area (Å²) in [5, 5.41) is 20.6. The number of likely N-dealkylation sites (tertiary alicyclic amines) is 1. The van der Waals surface area contributed by atoms with Crippen LogP contribution in [-0.4, -0.2) is 34.6 Å². The molecule has 0 saturated carbocycles. The van der Waals surface area contributed by atoms with E-state index >= 15 is 0 Å². The summed E-state index contributed by atoms with van der Waals surface area (Å²) in [4.78, 5) is 24.4. The first-order valence-electron chi connectivity index (χ1n) is 6.03. The van der Waals surface area contributed by atoms with Crippen LogP contribution in [0.15, 0.2) is 18.2 Å². The Morgan fingerprint density at radius 2 is 2.25 bits per heavy atom. The van der Waals surface area contributed by atoms with Gasteiger partial charge >= 0.3 is 12.0 Å². The third-order valence-corrected chi connectivity index (χ3v) is 3.45. The van der Waals surface area contributed by atoms with Gasteiger partial charge in [-0.05, 0) is 31.0 Å². The highest BCUT2D eigenvalue weighted by Gasteiger charge is 2.33. The number of halogens is 1. The maximum atomic E-state index is 12.0. The van der Waals surface area contributed by atoms with Crippen LogP contribution in [-0.2, 0) is 4.79 Å². The van der Waals surface area contributed by atoms with Gasteiger partial charge in [-0.2, -0.15) is 5.26 Å². The lowest BCUT2D eigenvalue weighted by atomic mass is 10.2. The Morgan fingerprint density at radius 3 is 2.85 bits per heavy atom. The molecule has 2 rings (SSSR count). The van der Waals surface area contributed by atoms with Crippen LogP contribution < -0.4 is 5.32 Å². The summed E-state index contributed by atoms with van der Waals surface area (Å²) in [5.74, 6) is -1.00. The molecule has 0 aromatic heterocycles. The average Bonchev–Trinajstić information content (AvgIpc) is 2.88. The van der Waals surface area contributed by atoms with Gasteiger partial charge in [0.25, 0.3) is 0 Å². The molecule has 6 nitrogen and oxygen atoms in total. The van der Waals surface area contributed by atoms with Gasteiger partial charge in [-0.25, -0.2) is 9.59 Å². The predicted molar refractivity (Wildman–Crippen MR) is 72.5 cm³/mol. The molecule has 0 aliphatic carbocycles. The summed E-state index contributed by atoms with van der Waals surface area (Å²) in [6.07, 6.45) is 1.12. The number of nitrogens with one attached hydrogen (secondary N) is 1. The molecule has 0 bridgehead atoms. The highest BCUT2D eigenvalue weighted by molar-refractivity contribution is 6.32. The Morgan fingerprint density at radius 1 is 1.50 bits per heavy atom. The summed E-state index contributed by atoms with van der Waals surface area (Å²) >= 11 is 5.87. The molecule has 1 aliphatic rings. The topological polar surface area (TPSA) is 93.4 Å². The van der Waals surface area contributed by atoms with Gasteiger partial charge < -0.3 is 15.3 Å². The zero-order chi connectivity index (χ0) is 14.7. The number of amides is 2. The van der Waals surface area contributed by atoms with Gasteiger partial charge in [0.05, 0.1) is 10.6 Å². The molecule has 1 aliphatic heterocycles.